The van der Waals surface area contributed by atoms with Crippen molar-refractivity contribution in [1.82, 2.24) is 5.32 Å². The third kappa shape index (κ3) is 4.44. The maximum Gasteiger partial charge on any atom is 0.319 e. The minimum Gasteiger partial charge on any atom is -0.335 e. The quantitative estimate of drug-likeness (QED) is 0.749. The molecule has 0 aliphatic heterocycles. The van der Waals surface area contributed by atoms with Crippen LogP contribution in [0.2, 0.25) is 0 Å². The van der Waals surface area contributed by atoms with Gasteiger partial charge < -0.3 is 16.4 Å². The normalized spacial score (nSPS) is 12.3. The monoisotopic (exact) mass is 235 g/mol. The Kier molecular flexibility index (Phi) is 4.97. The van der Waals surface area contributed by atoms with Gasteiger partial charge in [-0.05, 0) is 30.5 Å². The second-order valence-corrected chi connectivity index (χ2v) is 4.54. The molecule has 0 aromatic heterocycles. The van der Waals surface area contributed by atoms with Crippen molar-refractivity contribution in [2.45, 2.75) is 33.4 Å². The highest BCUT2D eigenvalue weighted by Gasteiger charge is 2.10. The number of hydrogen-bond donors (Lipinski definition) is 3. The molecule has 1 rings (SSSR count). The fourth-order valence-electron chi connectivity index (χ4n) is 1.32. The summed E-state index contributed by atoms with van der Waals surface area (Å²) in [6.07, 6.45) is 0. The zero-order valence-electron chi connectivity index (χ0n) is 10.7. The molecule has 1 aromatic carbocycles. The second-order valence-electron chi connectivity index (χ2n) is 4.54. The van der Waals surface area contributed by atoms with E-state index in [1.54, 1.807) is 0 Å². The first-order chi connectivity index (χ1) is 8.02. The number of hydrogen-bond acceptors (Lipinski definition) is 2. The molecule has 0 bridgehead atoms. The van der Waals surface area contributed by atoms with E-state index in [4.69, 9.17) is 5.73 Å². The van der Waals surface area contributed by atoms with Crippen molar-refractivity contribution in [3.8, 4) is 0 Å². The SMILES string of the molecule is CC(C)C(C)NC(=O)Nc1cccc(CN)c1. The topological polar surface area (TPSA) is 67.2 Å². The van der Waals surface area contributed by atoms with E-state index < -0.39 is 0 Å². The highest BCUT2D eigenvalue weighted by molar-refractivity contribution is 5.89. The van der Waals surface area contributed by atoms with Crippen LogP contribution in [-0.2, 0) is 6.54 Å². The molecule has 2 amide bonds. The molecule has 4 nitrogen and oxygen atoms in total. The van der Waals surface area contributed by atoms with E-state index in [1.807, 2.05) is 31.2 Å². The fraction of sp³-hybridized carbons (Fsp3) is 0.462. The molecule has 0 radical (unpaired) electrons. The lowest BCUT2D eigenvalue weighted by atomic mass is 10.1. The van der Waals surface area contributed by atoms with E-state index in [1.165, 1.54) is 0 Å². The maximum atomic E-state index is 11.7. The van der Waals surface area contributed by atoms with Gasteiger partial charge in [0.05, 0.1) is 0 Å². The van der Waals surface area contributed by atoms with Crippen LogP contribution in [0.1, 0.15) is 26.3 Å². The van der Waals surface area contributed by atoms with Crippen LogP contribution in [0.15, 0.2) is 24.3 Å². The molecule has 1 atom stereocenters. The molecule has 0 spiro atoms. The lowest BCUT2D eigenvalue weighted by Crippen LogP contribution is -2.39. The van der Waals surface area contributed by atoms with E-state index in [2.05, 4.69) is 24.5 Å². The molecular weight excluding hydrogens is 214 g/mol. The van der Waals surface area contributed by atoms with Crippen LogP contribution < -0.4 is 16.4 Å². The van der Waals surface area contributed by atoms with Gasteiger partial charge in [-0.15, -0.1) is 0 Å². The standard InChI is InChI=1S/C13H21N3O/c1-9(2)10(3)15-13(17)16-12-6-4-5-11(7-12)8-14/h4-7,9-10H,8,14H2,1-3H3,(H2,15,16,17). The molecule has 94 valence electrons. The predicted molar refractivity (Wildman–Crippen MR) is 70.8 cm³/mol. The van der Waals surface area contributed by atoms with Crippen LogP contribution in [0.3, 0.4) is 0 Å². The number of nitrogens with two attached hydrogens (primary N) is 1. The third-order valence-corrected chi connectivity index (χ3v) is 2.78. The Labute approximate surface area is 103 Å². The molecule has 4 heteroatoms. The molecular formula is C13H21N3O. The molecule has 0 saturated carbocycles. The van der Waals surface area contributed by atoms with E-state index in [0.717, 1.165) is 11.3 Å². The zero-order valence-corrected chi connectivity index (χ0v) is 10.7. The molecule has 0 saturated heterocycles. The molecule has 0 heterocycles. The van der Waals surface area contributed by atoms with Crippen molar-refractivity contribution < 1.29 is 4.79 Å². The van der Waals surface area contributed by atoms with Crippen LogP contribution in [0.25, 0.3) is 0 Å². The Morgan fingerprint density at radius 1 is 1.35 bits per heavy atom. The van der Waals surface area contributed by atoms with Crippen LogP contribution in [0.5, 0.6) is 0 Å². The molecule has 0 fully saturated rings. The fourth-order valence-corrected chi connectivity index (χ4v) is 1.32. The van der Waals surface area contributed by atoms with Crippen molar-refractivity contribution in [3.63, 3.8) is 0 Å². The summed E-state index contributed by atoms with van der Waals surface area (Å²) in [6.45, 7) is 6.60. The molecule has 1 unspecified atom stereocenters. The van der Waals surface area contributed by atoms with Crippen molar-refractivity contribution >= 4 is 11.7 Å². The molecule has 0 aliphatic carbocycles. The summed E-state index contributed by atoms with van der Waals surface area (Å²) in [4.78, 5) is 11.7. The van der Waals surface area contributed by atoms with Gasteiger partial charge in [0.1, 0.15) is 0 Å². The van der Waals surface area contributed by atoms with Gasteiger partial charge in [-0.3, -0.25) is 0 Å². The highest BCUT2D eigenvalue weighted by Crippen LogP contribution is 2.10. The van der Waals surface area contributed by atoms with Gasteiger partial charge >= 0.3 is 6.03 Å². The number of urea groups is 1. The summed E-state index contributed by atoms with van der Waals surface area (Å²) in [5.41, 5.74) is 7.31. The van der Waals surface area contributed by atoms with Crippen LogP contribution >= 0.6 is 0 Å². The first-order valence-corrected chi connectivity index (χ1v) is 5.89. The average molecular weight is 235 g/mol. The van der Waals surface area contributed by atoms with Gasteiger partial charge in [0, 0.05) is 18.3 Å². The van der Waals surface area contributed by atoms with Crippen molar-refractivity contribution in [2.24, 2.45) is 11.7 Å². The summed E-state index contributed by atoms with van der Waals surface area (Å²) >= 11 is 0. The first kappa shape index (κ1) is 13.5. The summed E-state index contributed by atoms with van der Waals surface area (Å²) in [5.74, 6) is 0.413. The lowest BCUT2D eigenvalue weighted by molar-refractivity contribution is 0.246. The van der Waals surface area contributed by atoms with Gasteiger partial charge in [0.15, 0.2) is 0 Å². The number of amides is 2. The molecule has 17 heavy (non-hydrogen) atoms. The van der Waals surface area contributed by atoms with Gasteiger partial charge in [0.2, 0.25) is 0 Å². The number of carbonyl (C=O) groups is 1. The summed E-state index contributed by atoms with van der Waals surface area (Å²) in [5, 5.41) is 5.68. The smallest absolute Gasteiger partial charge is 0.319 e. The van der Waals surface area contributed by atoms with Crippen LogP contribution in [-0.4, -0.2) is 12.1 Å². The predicted octanol–water partition coefficient (Wildman–Crippen LogP) is 2.31. The molecule has 1 aromatic rings. The van der Waals surface area contributed by atoms with Crippen molar-refractivity contribution in [1.29, 1.82) is 0 Å². The van der Waals surface area contributed by atoms with E-state index in [9.17, 15) is 4.79 Å². The van der Waals surface area contributed by atoms with Crippen LogP contribution in [0, 0.1) is 5.92 Å². The Hall–Kier alpha value is -1.55. The third-order valence-electron chi connectivity index (χ3n) is 2.78. The van der Waals surface area contributed by atoms with Gasteiger partial charge in [-0.2, -0.15) is 0 Å². The van der Waals surface area contributed by atoms with Gasteiger partial charge in [-0.25, -0.2) is 4.79 Å². The minimum atomic E-state index is -0.180. The lowest BCUT2D eigenvalue weighted by Gasteiger charge is -2.18. The Bertz CT molecular complexity index is 377. The molecule has 4 N–H and O–H groups in total. The maximum absolute atomic E-state index is 11.7. The summed E-state index contributed by atoms with van der Waals surface area (Å²) < 4.78 is 0. The largest absolute Gasteiger partial charge is 0.335 e. The first-order valence-electron chi connectivity index (χ1n) is 5.89. The van der Waals surface area contributed by atoms with Gasteiger partial charge in [0.25, 0.3) is 0 Å². The van der Waals surface area contributed by atoms with Crippen molar-refractivity contribution in [3.05, 3.63) is 29.8 Å². The van der Waals surface area contributed by atoms with E-state index in [0.29, 0.717) is 12.5 Å². The zero-order chi connectivity index (χ0) is 12.8. The second kappa shape index (κ2) is 6.25. The van der Waals surface area contributed by atoms with Crippen molar-refractivity contribution in [2.75, 3.05) is 5.32 Å². The number of benzene rings is 1. The minimum absolute atomic E-state index is 0.146. The Morgan fingerprint density at radius 2 is 2.06 bits per heavy atom. The number of nitrogens with one attached hydrogen (secondary N) is 2. The number of carbonyl (C=O) groups excluding carboxylic acids is 1. The van der Waals surface area contributed by atoms with Crippen LogP contribution in [0.4, 0.5) is 10.5 Å². The Morgan fingerprint density at radius 3 is 2.65 bits per heavy atom. The number of anilines is 1. The Balaban J connectivity index is 2.55. The number of rotatable bonds is 4. The highest BCUT2D eigenvalue weighted by atomic mass is 16.2. The average Bonchev–Trinajstić information content (AvgIpc) is 2.28. The molecule has 0 aliphatic rings. The van der Waals surface area contributed by atoms with E-state index >= 15 is 0 Å². The summed E-state index contributed by atoms with van der Waals surface area (Å²) in [7, 11) is 0. The summed E-state index contributed by atoms with van der Waals surface area (Å²) in [6, 6.07) is 7.50. The van der Waals surface area contributed by atoms with E-state index in [-0.39, 0.29) is 12.1 Å². The van der Waals surface area contributed by atoms with Gasteiger partial charge in [-0.1, -0.05) is 26.0 Å².